The summed E-state index contributed by atoms with van der Waals surface area (Å²) in [5, 5.41) is 3.67. The number of benzene rings is 1. The smallest absolute Gasteiger partial charge is 0.123 e. The van der Waals surface area contributed by atoms with Crippen LogP contribution in [0.1, 0.15) is 32.3 Å². The molecule has 3 atom stereocenters. The van der Waals surface area contributed by atoms with E-state index >= 15 is 0 Å². The zero-order chi connectivity index (χ0) is 14.4. The molecular formula is C17H27NO2. The van der Waals surface area contributed by atoms with Crippen LogP contribution in [0.2, 0.25) is 0 Å². The third-order valence-electron chi connectivity index (χ3n) is 4.09. The molecule has 1 aromatic rings. The van der Waals surface area contributed by atoms with Crippen molar-refractivity contribution in [3.63, 3.8) is 0 Å². The largest absolute Gasteiger partial charge is 0.488 e. The molecule has 1 aromatic carbocycles. The third kappa shape index (κ3) is 3.74. The Kier molecular flexibility index (Phi) is 5.86. The summed E-state index contributed by atoms with van der Waals surface area (Å²) < 4.78 is 11.4. The molecule has 1 aliphatic heterocycles. The Hall–Kier alpha value is -1.06. The minimum absolute atomic E-state index is 0.241. The Morgan fingerprint density at radius 2 is 2.20 bits per heavy atom. The van der Waals surface area contributed by atoms with Gasteiger partial charge in [-0.3, -0.25) is 0 Å². The number of fused-ring (bicyclic) bond motifs is 1. The summed E-state index contributed by atoms with van der Waals surface area (Å²) in [5.74, 6) is 1.60. The second-order valence-corrected chi connectivity index (χ2v) is 5.71. The van der Waals surface area contributed by atoms with Crippen molar-refractivity contribution in [3.05, 3.63) is 29.8 Å². The molecule has 3 unspecified atom stereocenters. The molecule has 0 fully saturated rings. The van der Waals surface area contributed by atoms with Crippen molar-refractivity contribution in [1.82, 2.24) is 5.32 Å². The molecule has 0 bridgehead atoms. The Bertz CT molecular complexity index is 383. The lowest BCUT2D eigenvalue weighted by Gasteiger charge is -2.30. The first kappa shape index (κ1) is 15.3. The van der Waals surface area contributed by atoms with E-state index in [4.69, 9.17) is 9.47 Å². The number of para-hydroxylation sites is 1. The molecule has 2 rings (SSSR count). The first-order valence-corrected chi connectivity index (χ1v) is 7.73. The topological polar surface area (TPSA) is 30.5 Å². The number of rotatable bonds is 8. The molecule has 20 heavy (non-hydrogen) atoms. The Morgan fingerprint density at radius 3 is 2.90 bits per heavy atom. The minimum atomic E-state index is 0.241. The maximum Gasteiger partial charge on any atom is 0.123 e. The van der Waals surface area contributed by atoms with Gasteiger partial charge in [-0.25, -0.2) is 0 Å². The van der Waals surface area contributed by atoms with Gasteiger partial charge in [-0.05, 0) is 36.9 Å². The molecule has 0 aliphatic carbocycles. The van der Waals surface area contributed by atoms with Crippen molar-refractivity contribution in [1.29, 1.82) is 0 Å². The Balaban J connectivity index is 2.00. The van der Waals surface area contributed by atoms with Crippen molar-refractivity contribution in [2.24, 2.45) is 5.92 Å². The normalized spacial score (nSPS) is 20.2. The molecule has 0 saturated carbocycles. The first-order chi connectivity index (χ1) is 9.76. The second kappa shape index (κ2) is 7.65. The van der Waals surface area contributed by atoms with E-state index in [1.54, 1.807) is 7.11 Å². The number of hydrogen-bond acceptors (Lipinski definition) is 3. The van der Waals surface area contributed by atoms with Gasteiger partial charge >= 0.3 is 0 Å². The first-order valence-electron chi connectivity index (χ1n) is 7.73. The molecule has 0 amide bonds. The molecule has 0 spiro atoms. The highest BCUT2D eigenvalue weighted by Crippen LogP contribution is 2.31. The van der Waals surface area contributed by atoms with Gasteiger partial charge in [-0.1, -0.05) is 32.0 Å². The van der Waals surface area contributed by atoms with Crippen LogP contribution in [0.25, 0.3) is 0 Å². The summed E-state index contributed by atoms with van der Waals surface area (Å²) in [6.07, 6.45) is 3.46. The van der Waals surface area contributed by atoms with Crippen molar-refractivity contribution >= 4 is 0 Å². The Morgan fingerprint density at radius 1 is 1.40 bits per heavy atom. The standard InChI is InChI=1S/C17H27NO2/c1-4-10-18-17(13(2)9-11-19-3)16-12-14-7-5-6-8-15(14)20-16/h5-8,13,16-18H,4,9-12H2,1-3H3. The van der Waals surface area contributed by atoms with Gasteiger partial charge in [0.1, 0.15) is 11.9 Å². The molecule has 1 aliphatic rings. The lowest BCUT2D eigenvalue weighted by atomic mass is 9.91. The van der Waals surface area contributed by atoms with Crippen molar-refractivity contribution in [3.8, 4) is 5.75 Å². The van der Waals surface area contributed by atoms with Crippen LogP contribution in [-0.2, 0) is 11.2 Å². The fourth-order valence-corrected chi connectivity index (χ4v) is 2.90. The van der Waals surface area contributed by atoms with Crippen LogP contribution < -0.4 is 10.1 Å². The van der Waals surface area contributed by atoms with Gasteiger partial charge in [0, 0.05) is 26.2 Å². The lowest BCUT2D eigenvalue weighted by Crippen LogP contribution is -2.47. The van der Waals surface area contributed by atoms with Crippen LogP contribution in [0.4, 0.5) is 0 Å². The molecule has 1 heterocycles. The van der Waals surface area contributed by atoms with E-state index in [-0.39, 0.29) is 6.10 Å². The zero-order valence-electron chi connectivity index (χ0n) is 12.9. The van der Waals surface area contributed by atoms with E-state index in [1.165, 1.54) is 5.56 Å². The van der Waals surface area contributed by atoms with Crippen molar-refractivity contribution < 1.29 is 9.47 Å². The van der Waals surface area contributed by atoms with Gasteiger partial charge in [0.2, 0.25) is 0 Å². The van der Waals surface area contributed by atoms with Gasteiger partial charge in [-0.15, -0.1) is 0 Å². The van der Waals surface area contributed by atoms with Crippen LogP contribution in [0.3, 0.4) is 0 Å². The van der Waals surface area contributed by atoms with Gasteiger partial charge in [-0.2, -0.15) is 0 Å². The maximum absolute atomic E-state index is 6.16. The lowest BCUT2D eigenvalue weighted by molar-refractivity contribution is 0.118. The molecule has 112 valence electrons. The molecule has 1 N–H and O–H groups in total. The van der Waals surface area contributed by atoms with Crippen LogP contribution in [0.5, 0.6) is 5.75 Å². The average molecular weight is 277 g/mol. The fourth-order valence-electron chi connectivity index (χ4n) is 2.90. The average Bonchev–Trinajstić information content (AvgIpc) is 2.89. The molecule has 0 saturated heterocycles. The van der Waals surface area contributed by atoms with Crippen LogP contribution >= 0.6 is 0 Å². The third-order valence-corrected chi connectivity index (χ3v) is 4.09. The molecule has 3 heteroatoms. The van der Waals surface area contributed by atoms with Gasteiger partial charge < -0.3 is 14.8 Å². The SMILES string of the molecule is CCCNC(C(C)CCOC)C1Cc2ccccc2O1. The maximum atomic E-state index is 6.16. The van der Waals surface area contributed by atoms with E-state index in [1.807, 2.05) is 6.07 Å². The molecule has 0 aromatic heterocycles. The summed E-state index contributed by atoms with van der Waals surface area (Å²) >= 11 is 0. The molecular weight excluding hydrogens is 250 g/mol. The van der Waals surface area contributed by atoms with Crippen LogP contribution in [0, 0.1) is 5.92 Å². The van der Waals surface area contributed by atoms with E-state index in [0.717, 1.165) is 38.2 Å². The van der Waals surface area contributed by atoms with E-state index < -0.39 is 0 Å². The summed E-state index contributed by atoms with van der Waals surface area (Å²) in [4.78, 5) is 0. The van der Waals surface area contributed by atoms with E-state index in [0.29, 0.717) is 12.0 Å². The molecule has 0 radical (unpaired) electrons. The summed E-state index contributed by atoms with van der Waals surface area (Å²) in [6, 6.07) is 8.77. The quantitative estimate of drug-likeness (QED) is 0.792. The van der Waals surface area contributed by atoms with Crippen molar-refractivity contribution in [2.45, 2.75) is 45.3 Å². The molecule has 3 nitrogen and oxygen atoms in total. The van der Waals surface area contributed by atoms with E-state index in [2.05, 4.69) is 37.4 Å². The van der Waals surface area contributed by atoms with Crippen molar-refractivity contribution in [2.75, 3.05) is 20.3 Å². The van der Waals surface area contributed by atoms with Crippen LogP contribution in [0.15, 0.2) is 24.3 Å². The summed E-state index contributed by atoms with van der Waals surface area (Å²) in [5.41, 5.74) is 1.33. The summed E-state index contributed by atoms with van der Waals surface area (Å²) in [6.45, 7) is 6.34. The highest BCUT2D eigenvalue weighted by atomic mass is 16.5. The highest BCUT2D eigenvalue weighted by Gasteiger charge is 2.32. The van der Waals surface area contributed by atoms with E-state index in [9.17, 15) is 0 Å². The number of nitrogens with one attached hydrogen (secondary N) is 1. The van der Waals surface area contributed by atoms with Gasteiger partial charge in [0.15, 0.2) is 0 Å². The fraction of sp³-hybridized carbons (Fsp3) is 0.647. The zero-order valence-corrected chi connectivity index (χ0v) is 12.9. The summed E-state index contributed by atoms with van der Waals surface area (Å²) in [7, 11) is 1.77. The minimum Gasteiger partial charge on any atom is -0.488 e. The number of ether oxygens (including phenoxy) is 2. The predicted molar refractivity (Wildman–Crippen MR) is 82.3 cm³/mol. The monoisotopic (exact) mass is 277 g/mol. The Labute approximate surface area is 122 Å². The van der Waals surface area contributed by atoms with Gasteiger partial charge in [0.05, 0.1) is 0 Å². The van der Waals surface area contributed by atoms with Crippen LogP contribution in [-0.4, -0.2) is 32.4 Å². The van der Waals surface area contributed by atoms with Gasteiger partial charge in [0.25, 0.3) is 0 Å². The highest BCUT2D eigenvalue weighted by molar-refractivity contribution is 5.37. The number of methoxy groups -OCH3 is 1. The predicted octanol–water partition coefficient (Wildman–Crippen LogP) is 3.03. The second-order valence-electron chi connectivity index (χ2n) is 5.71. The number of hydrogen-bond donors (Lipinski definition) is 1.